The summed E-state index contributed by atoms with van der Waals surface area (Å²) < 4.78 is 54.6. The lowest BCUT2D eigenvalue weighted by Gasteiger charge is -2.43. The molecule has 36 heteroatoms. The summed E-state index contributed by atoms with van der Waals surface area (Å²) in [6.07, 6.45) is 4.06. The van der Waals surface area contributed by atoms with Crippen LogP contribution in [0, 0.1) is 0 Å². The number of hydrogen-bond acceptors (Lipinski definition) is 26. The van der Waals surface area contributed by atoms with Crippen LogP contribution in [0.5, 0.6) is 0 Å². The van der Waals surface area contributed by atoms with Crippen molar-refractivity contribution in [2.45, 2.75) is 182 Å². The van der Waals surface area contributed by atoms with Crippen molar-refractivity contribution in [1.29, 1.82) is 0 Å². The molecular formula is C48H68N16O17S3. The summed E-state index contributed by atoms with van der Waals surface area (Å²) in [5.41, 5.74) is -7.43. The van der Waals surface area contributed by atoms with E-state index in [4.69, 9.17) is 28.6 Å². The average molecular weight is 1240 g/mol. The third kappa shape index (κ3) is 19.4. The van der Waals surface area contributed by atoms with Crippen molar-refractivity contribution in [3.63, 3.8) is 0 Å². The standard InChI is InChI=1S/C24H34N8O10S2.C24H34N8O7S/c1-22(2,3)40-19(35)24(7,8)42-30-15(13-12-43-20(27-13)29-21(36)41-23(4,5)6)17(33)28-16-14(11-31-25-9-10-26-31)32(18(16)34)44(37,38)39;1-22(2,3)37-19(35)24(7,8)39-31-16(14-12-40-20(28-14)30-21(36)38-23(4,5)6)18(34)29-15-13(27-17(15)33)11-32-25-9-10-26-32/h9-10,12,14,16H,11H2,1-8H3,(H,28,33)(H,27,29,36)(H,37,38,39);9-10,12-13,15H,11H2,1-8H3,(H,27,33)(H,29,34)(H,28,30,36)/b30-15-;31-16-/t14-,16+;13-,15+/m11/s1. The predicted molar refractivity (Wildman–Crippen MR) is 297 cm³/mol. The molecule has 6 amide bonds. The molecule has 0 radical (unpaired) electrons. The van der Waals surface area contributed by atoms with Gasteiger partial charge < -0.3 is 44.6 Å². The van der Waals surface area contributed by atoms with Crippen LogP contribution < -0.4 is 26.6 Å². The minimum absolute atomic E-state index is 0.0149. The Kier molecular flexibility index (Phi) is 20.4. The van der Waals surface area contributed by atoms with Crippen molar-refractivity contribution >= 4 is 102 Å². The summed E-state index contributed by atoms with van der Waals surface area (Å²) in [4.78, 5) is 123. The van der Waals surface area contributed by atoms with E-state index in [1.807, 2.05) is 0 Å². The summed E-state index contributed by atoms with van der Waals surface area (Å²) in [5.74, 6) is -4.93. The molecule has 6 rings (SSSR count). The molecule has 460 valence electrons. The molecule has 6 N–H and O–H groups in total. The van der Waals surface area contributed by atoms with Crippen molar-refractivity contribution in [3.8, 4) is 0 Å². The third-order valence-corrected chi connectivity index (χ3v) is 12.8. The minimum atomic E-state index is -4.99. The van der Waals surface area contributed by atoms with Crippen LogP contribution in [0.2, 0.25) is 0 Å². The van der Waals surface area contributed by atoms with E-state index in [2.05, 4.69) is 67.3 Å². The zero-order chi connectivity index (χ0) is 63.1. The number of nitrogens with zero attached hydrogens (tertiary/aromatic N) is 11. The van der Waals surface area contributed by atoms with Crippen molar-refractivity contribution in [2.24, 2.45) is 10.3 Å². The molecule has 2 fully saturated rings. The van der Waals surface area contributed by atoms with Gasteiger partial charge in [-0.2, -0.15) is 38.4 Å². The molecule has 33 nitrogen and oxygen atoms in total. The molecule has 0 aromatic carbocycles. The SMILES string of the molecule is CC(C)(C)OC(=O)Nc1nc(/C(=N/OC(C)(C)C(=O)OC(C)(C)C)C(=O)N[C@@H]2C(=O)N(S(=O)(=O)O)[C@@H]2Cn2nccn2)cs1.CC(C)(C)OC(=O)Nc1nc(/C(=N/OC(C)(C)C(=O)OC(C)(C)C)C(=O)N[C@@H]2C(=O)N[C@@H]2Cn2nccn2)cs1. The highest BCUT2D eigenvalue weighted by Gasteiger charge is 2.55. The van der Waals surface area contributed by atoms with Crippen LogP contribution in [-0.4, -0.2) is 174 Å². The van der Waals surface area contributed by atoms with Gasteiger partial charge in [-0.15, -0.1) is 22.7 Å². The lowest BCUT2D eigenvalue weighted by atomic mass is 9.98. The van der Waals surface area contributed by atoms with Gasteiger partial charge in [0.15, 0.2) is 21.7 Å². The van der Waals surface area contributed by atoms with Gasteiger partial charge in [0.2, 0.25) is 17.1 Å². The third-order valence-electron chi connectivity index (χ3n) is 10.3. The molecule has 6 heterocycles. The summed E-state index contributed by atoms with van der Waals surface area (Å²) in [6, 6.07) is -4.18. The van der Waals surface area contributed by atoms with E-state index in [0.717, 1.165) is 27.5 Å². The highest BCUT2D eigenvalue weighted by atomic mass is 32.2. The van der Waals surface area contributed by atoms with Gasteiger partial charge in [-0.05, 0) is 111 Å². The second-order valence-corrected chi connectivity index (χ2v) is 26.3. The first kappa shape index (κ1) is 66.5. The van der Waals surface area contributed by atoms with Crippen LogP contribution in [0.25, 0.3) is 0 Å². The van der Waals surface area contributed by atoms with Gasteiger partial charge in [-0.3, -0.25) is 34.4 Å². The van der Waals surface area contributed by atoms with Crippen molar-refractivity contribution < 1.29 is 79.9 Å². The van der Waals surface area contributed by atoms with Crippen LogP contribution >= 0.6 is 22.7 Å². The molecule has 2 saturated heterocycles. The number of carbonyl (C=O) groups is 8. The van der Waals surface area contributed by atoms with Gasteiger partial charge >= 0.3 is 34.4 Å². The van der Waals surface area contributed by atoms with Crippen LogP contribution in [0.15, 0.2) is 45.9 Å². The number of esters is 2. The zero-order valence-electron chi connectivity index (χ0n) is 48.8. The Balaban J connectivity index is 0.000000309. The quantitative estimate of drug-likeness (QED) is 0.0196. The number of β-lactam (4-membered cyclic amide) rings is 2. The number of aromatic nitrogens is 8. The maximum Gasteiger partial charge on any atom is 0.413 e. The van der Waals surface area contributed by atoms with Crippen LogP contribution in [0.3, 0.4) is 0 Å². The predicted octanol–water partition coefficient (Wildman–Crippen LogP) is 2.73. The van der Waals surface area contributed by atoms with Gasteiger partial charge in [0.25, 0.3) is 17.7 Å². The summed E-state index contributed by atoms with van der Waals surface area (Å²) >= 11 is 1.91. The molecule has 2 aliphatic heterocycles. The summed E-state index contributed by atoms with van der Waals surface area (Å²) in [5, 5.41) is 39.1. The largest absolute Gasteiger partial charge is 0.457 e. The number of carbonyl (C=O) groups excluding carboxylic acids is 8. The van der Waals surface area contributed by atoms with Gasteiger partial charge in [0, 0.05) is 10.8 Å². The highest BCUT2D eigenvalue weighted by Crippen LogP contribution is 2.27. The Bertz CT molecular complexity index is 3240. The van der Waals surface area contributed by atoms with E-state index in [9.17, 15) is 51.3 Å². The second-order valence-electron chi connectivity index (χ2n) is 23.3. The van der Waals surface area contributed by atoms with E-state index in [0.29, 0.717) is 0 Å². The van der Waals surface area contributed by atoms with E-state index < -0.39 is 122 Å². The second kappa shape index (κ2) is 25.7. The van der Waals surface area contributed by atoms with Crippen LogP contribution in [0.1, 0.15) is 122 Å². The Morgan fingerprint density at radius 2 is 0.964 bits per heavy atom. The molecule has 4 atom stereocenters. The molecule has 0 unspecified atom stereocenters. The zero-order valence-corrected chi connectivity index (χ0v) is 51.3. The van der Waals surface area contributed by atoms with E-state index in [1.54, 1.807) is 83.1 Å². The number of oxime groups is 2. The van der Waals surface area contributed by atoms with Gasteiger partial charge in [-0.1, -0.05) is 10.3 Å². The molecule has 0 bridgehead atoms. The number of anilines is 2. The first-order valence-electron chi connectivity index (χ1n) is 25.3. The van der Waals surface area contributed by atoms with Crippen molar-refractivity contribution in [2.75, 3.05) is 10.6 Å². The smallest absolute Gasteiger partial charge is 0.413 e. The van der Waals surface area contributed by atoms with Gasteiger partial charge in [0.1, 0.15) is 51.9 Å². The lowest BCUT2D eigenvalue weighted by Crippen LogP contribution is -2.73. The molecular weight excluding hydrogens is 1170 g/mol. The number of nitrogens with one attached hydrogen (secondary N) is 5. The van der Waals surface area contributed by atoms with E-state index in [-0.39, 0.29) is 44.8 Å². The first-order valence-corrected chi connectivity index (χ1v) is 28.5. The molecule has 0 aliphatic carbocycles. The van der Waals surface area contributed by atoms with Gasteiger partial charge in [0.05, 0.1) is 43.9 Å². The molecule has 4 aromatic rings. The molecule has 4 aromatic heterocycles. The fraction of sp³-hybridized carbons (Fsp3) is 0.583. The molecule has 0 spiro atoms. The number of rotatable bonds is 19. The maximum absolute atomic E-state index is 13.5. The first-order chi connectivity index (χ1) is 38.5. The molecule has 84 heavy (non-hydrogen) atoms. The molecule has 0 saturated carbocycles. The number of hydrogen-bond donors (Lipinski definition) is 6. The van der Waals surface area contributed by atoms with E-state index in [1.165, 1.54) is 68.0 Å². The average Bonchev–Trinajstić information content (AvgIpc) is 3.30. The summed E-state index contributed by atoms with van der Waals surface area (Å²) in [6.45, 7) is 25.7. The fourth-order valence-corrected chi connectivity index (χ4v) is 8.84. The van der Waals surface area contributed by atoms with Crippen molar-refractivity contribution in [3.05, 3.63) is 46.9 Å². The topological polar surface area (TPSA) is 422 Å². The normalized spacial score (nSPS) is 17.8. The number of ether oxygens (including phenoxy) is 4. The van der Waals surface area contributed by atoms with Crippen molar-refractivity contribution in [1.82, 2.24) is 60.2 Å². The molecule has 2 aliphatic rings. The van der Waals surface area contributed by atoms with Gasteiger partial charge in [-0.25, -0.2) is 33.5 Å². The highest BCUT2D eigenvalue weighted by molar-refractivity contribution is 7.84. The monoisotopic (exact) mass is 1240 g/mol. The van der Waals surface area contributed by atoms with E-state index >= 15 is 0 Å². The Labute approximate surface area is 490 Å². The minimum Gasteiger partial charge on any atom is -0.457 e. The number of thiazole rings is 2. The Morgan fingerprint density at radius 3 is 1.32 bits per heavy atom. The Morgan fingerprint density at radius 1 is 0.595 bits per heavy atom. The number of amides is 6. The fourth-order valence-electron chi connectivity index (χ4n) is 6.60. The van der Waals surface area contributed by atoms with Crippen LogP contribution in [-0.2, 0) is 80.8 Å². The Hall–Kier alpha value is -8.25. The summed E-state index contributed by atoms with van der Waals surface area (Å²) in [7, 11) is -4.99. The maximum atomic E-state index is 13.5. The van der Waals surface area contributed by atoms with Crippen LogP contribution in [0.4, 0.5) is 19.9 Å². The lowest BCUT2D eigenvalue weighted by molar-refractivity contribution is -0.180.